The van der Waals surface area contributed by atoms with E-state index in [4.69, 9.17) is 28.9 Å². The molecule has 4 aromatic heterocycles. The van der Waals surface area contributed by atoms with E-state index in [1.807, 2.05) is 39.8 Å². The number of amides is 8. The Morgan fingerprint density at radius 2 is 0.959 bits per heavy atom. The summed E-state index contributed by atoms with van der Waals surface area (Å²) < 4.78 is 55.4. The second-order valence-corrected chi connectivity index (χ2v) is 33.8. The lowest BCUT2D eigenvalue weighted by Crippen LogP contribution is -2.45. The number of cyclic esters (lactones) is 2. The van der Waals surface area contributed by atoms with Gasteiger partial charge in [-0.15, -0.1) is 0 Å². The van der Waals surface area contributed by atoms with Gasteiger partial charge in [-0.2, -0.15) is 0 Å². The van der Waals surface area contributed by atoms with Crippen molar-refractivity contribution in [3.05, 3.63) is 137 Å². The Balaban J connectivity index is 0.000000240. The predicted molar refractivity (Wildman–Crippen MR) is 447 cm³/mol. The molecule has 2 aromatic carbocycles. The fourth-order valence-electron chi connectivity index (χ4n) is 16.9. The summed E-state index contributed by atoms with van der Waals surface area (Å²) in [6, 6.07) is 8.38. The first-order valence-electron chi connectivity index (χ1n) is 42.8. The Hall–Kier alpha value is -11.0. The molecule has 32 heteroatoms. The normalized spacial score (nSPS) is 18.3. The lowest BCUT2D eigenvalue weighted by molar-refractivity contribution is -0.172. The summed E-state index contributed by atoms with van der Waals surface area (Å²) in [6.07, 6.45) is 10.1. The van der Waals surface area contributed by atoms with Gasteiger partial charge in [-0.3, -0.25) is 67.3 Å². The minimum Gasteiger partial charge on any atom is -0.458 e. The number of ketones is 2. The number of rotatable bonds is 40. The highest BCUT2D eigenvalue weighted by molar-refractivity contribution is 6.13. The van der Waals surface area contributed by atoms with Crippen LogP contribution in [-0.4, -0.2) is 162 Å². The van der Waals surface area contributed by atoms with Crippen molar-refractivity contribution in [2.24, 2.45) is 29.6 Å². The average molecular weight is 1700 g/mol. The molecule has 0 aliphatic carbocycles. The number of imide groups is 2. The molecule has 12 rings (SSSR count). The van der Waals surface area contributed by atoms with Crippen molar-refractivity contribution in [1.29, 1.82) is 0 Å². The van der Waals surface area contributed by atoms with Crippen LogP contribution in [0, 0.1) is 55.1 Å². The van der Waals surface area contributed by atoms with E-state index in [9.17, 15) is 77.3 Å². The van der Waals surface area contributed by atoms with Crippen LogP contribution in [0.1, 0.15) is 227 Å². The van der Waals surface area contributed by atoms with Gasteiger partial charge < -0.3 is 59.6 Å². The number of nitrogens with zero attached hydrogens (tertiary/aromatic N) is 6. The molecule has 10 heterocycles. The van der Waals surface area contributed by atoms with Gasteiger partial charge in [0.25, 0.3) is 22.9 Å². The maximum atomic E-state index is 15.3. The molecule has 0 radical (unpaired) electrons. The Labute approximate surface area is 711 Å². The van der Waals surface area contributed by atoms with Crippen molar-refractivity contribution in [1.82, 2.24) is 50.2 Å². The summed E-state index contributed by atoms with van der Waals surface area (Å²) in [5.41, 5.74) is 3.09. The predicted octanol–water partition coefficient (Wildman–Crippen LogP) is 8.79. The Morgan fingerprint density at radius 3 is 1.34 bits per heavy atom. The van der Waals surface area contributed by atoms with Gasteiger partial charge in [0.15, 0.2) is 22.8 Å². The van der Waals surface area contributed by atoms with E-state index >= 15 is 8.78 Å². The Morgan fingerprint density at radius 1 is 0.553 bits per heavy atom. The third-order valence-electron chi connectivity index (χ3n) is 24.4. The van der Waals surface area contributed by atoms with Crippen LogP contribution in [0.4, 0.5) is 8.78 Å². The first-order valence-corrected chi connectivity index (χ1v) is 42.8. The summed E-state index contributed by atoms with van der Waals surface area (Å²) in [5.74, 6) is -7.13. The van der Waals surface area contributed by atoms with E-state index < -0.39 is 58.7 Å². The number of aryl methyl sites for hydroxylation is 2. The quantitative estimate of drug-likeness (QED) is 0.00903. The fourth-order valence-corrected chi connectivity index (χ4v) is 16.9. The number of carbonyl (C=O) groups excluding carboxylic acids is 12. The van der Waals surface area contributed by atoms with Crippen LogP contribution in [0.15, 0.2) is 58.1 Å². The van der Waals surface area contributed by atoms with Crippen molar-refractivity contribution in [3.63, 3.8) is 0 Å². The number of unbranched alkanes of at least 4 members (excludes halogenated alkanes) is 6. The lowest BCUT2D eigenvalue weighted by atomic mass is 9.86. The van der Waals surface area contributed by atoms with Gasteiger partial charge in [-0.05, 0) is 149 Å². The lowest BCUT2D eigenvalue weighted by Gasteiger charge is -2.31. The van der Waals surface area contributed by atoms with Gasteiger partial charge in [0.2, 0.25) is 35.4 Å². The van der Waals surface area contributed by atoms with Crippen LogP contribution in [0.3, 0.4) is 0 Å². The molecule has 8 amide bonds. The third kappa shape index (κ3) is 20.5. The molecular weight excluding hydrogens is 1590 g/mol. The molecule has 1 fully saturated rings. The second-order valence-electron chi connectivity index (χ2n) is 33.8. The van der Waals surface area contributed by atoms with E-state index in [0.29, 0.717) is 148 Å². The summed E-state index contributed by atoms with van der Waals surface area (Å²) in [5, 5.41) is 34.9. The van der Waals surface area contributed by atoms with Crippen molar-refractivity contribution >= 4 is 92.6 Å². The molecule has 30 nitrogen and oxygen atoms in total. The number of Topliss-reactive ketones (excluding diaryl/α,β-unsaturated/α-hetero) is 2. The molecule has 6 aliphatic heterocycles. The van der Waals surface area contributed by atoms with Crippen LogP contribution in [0.5, 0.6) is 0 Å². The Kier molecular flexibility index (Phi) is 30.3. The SMILES string of the molecule is CC[C@@]1(O)C(=O)OCc2c1cc1n(c2=O)Cc2cc3c(CCCCOCNC(=O)[C@H](C)CC(=O)[C@@H](NC(=O)CCCCCN4C(=O)C=CC4=O)C(C)C)c(C)c(F)cc3nc2-1.CC[C@@]1(O)C(=O)OCc2c1cc1n(c2=O)Cc2cc3c(CCCCOCNC(=O)[C@H](C)CC(=O)[C@@H](NC(=O)CCCCCN4C(=O)CC(C)C4=O)C(C)C)c(C)c(F)cc3nc2-1. The van der Waals surface area contributed by atoms with Crippen LogP contribution in [0.2, 0.25) is 0 Å². The average Bonchev–Trinajstić information content (AvgIpc) is 1.59. The topological polar surface area (TPSA) is 407 Å². The summed E-state index contributed by atoms with van der Waals surface area (Å²) >= 11 is 0. The van der Waals surface area contributed by atoms with Crippen LogP contribution < -0.4 is 32.4 Å². The number of pyridine rings is 4. The van der Waals surface area contributed by atoms with Crippen molar-refractivity contribution in [3.8, 4) is 22.8 Å². The summed E-state index contributed by atoms with van der Waals surface area (Å²) in [6.45, 7) is 20.2. The summed E-state index contributed by atoms with van der Waals surface area (Å²) in [7, 11) is 0. The molecule has 123 heavy (non-hydrogen) atoms. The number of hydrogen-bond acceptors (Lipinski definition) is 22. The monoisotopic (exact) mass is 1700 g/mol. The Bertz CT molecular complexity index is 5330. The molecule has 0 spiro atoms. The minimum atomic E-state index is -1.95. The molecule has 1 saturated heterocycles. The molecular formula is C91H112F2N10O20. The molecule has 0 bridgehead atoms. The van der Waals surface area contributed by atoms with Crippen molar-refractivity contribution < 1.29 is 95.5 Å². The van der Waals surface area contributed by atoms with Gasteiger partial charge in [-0.1, -0.05) is 75.2 Å². The molecule has 6 aromatic rings. The zero-order valence-electron chi connectivity index (χ0n) is 71.8. The largest absolute Gasteiger partial charge is 0.458 e. The van der Waals surface area contributed by atoms with Crippen LogP contribution >= 0.6 is 0 Å². The van der Waals surface area contributed by atoms with E-state index in [2.05, 4.69) is 21.3 Å². The molecule has 660 valence electrons. The smallest absolute Gasteiger partial charge is 0.343 e. The number of likely N-dealkylation sites (tertiary alicyclic amines) is 1. The van der Waals surface area contributed by atoms with E-state index in [1.165, 1.54) is 29.2 Å². The number of aromatic nitrogens is 4. The number of hydrogen-bond donors (Lipinski definition) is 6. The van der Waals surface area contributed by atoms with Crippen LogP contribution in [0.25, 0.3) is 44.6 Å². The standard InChI is InChI=1S/C46H58FN5O10.C45H54FN5O10/c1-7-46(60)33-20-36-41-29(22-52(36)44(58)32(33)23-62-45(46)59)19-31-30(28(6)34(47)21-35(31)49-41)13-10-12-16-61-24-48-42(56)26(4)17-37(53)40(25(2)3)50-38(54)14-9-8-11-15-51-39(55)18-27(5)43(51)57;1-6-45(59)32-20-35-41-28(22-51(35)43(57)31(32)23-61-44(45)58)19-30-29(27(5)33(46)21-34(30)48-41)12-9-11-17-60-24-47-42(56)26(4)18-36(52)40(25(2)3)49-37(53)13-8-7-10-16-50-38(54)14-15-39(50)55/h19-21,25-27,40,60H,7-18,22-24H2,1-6H3,(H,48,56)(H,50,54);14-15,19-21,25-26,40,59H,6-13,16-18,22-24H2,1-5H3,(H,47,56)(H,49,53)/t26-,27?,40+,46+;26-,40+,45+/m11/s1. The number of aliphatic hydroxyl groups is 2. The van der Waals surface area contributed by atoms with Gasteiger partial charge in [0.1, 0.15) is 38.3 Å². The second kappa shape index (κ2) is 40.1. The van der Waals surface area contributed by atoms with E-state index in [-0.39, 0.29) is 195 Å². The summed E-state index contributed by atoms with van der Waals surface area (Å²) in [4.78, 5) is 189. The minimum absolute atomic E-state index is 0.0255. The van der Waals surface area contributed by atoms with E-state index in [1.54, 1.807) is 69.7 Å². The first-order chi connectivity index (χ1) is 58.5. The molecule has 1 unspecified atom stereocenters. The molecule has 6 aliphatic rings. The van der Waals surface area contributed by atoms with Gasteiger partial charge in [0.05, 0.1) is 70.1 Å². The molecule has 0 saturated carbocycles. The molecule has 7 atom stereocenters. The zero-order valence-corrected chi connectivity index (χ0v) is 71.8. The van der Waals surface area contributed by atoms with Crippen molar-refractivity contribution in [2.75, 3.05) is 39.8 Å². The van der Waals surface area contributed by atoms with Gasteiger partial charge in [-0.25, -0.2) is 28.3 Å². The number of nitrogens with one attached hydrogen (secondary N) is 4. The highest BCUT2D eigenvalue weighted by atomic mass is 19.1. The van der Waals surface area contributed by atoms with Crippen LogP contribution in [-0.2, 0) is 127 Å². The van der Waals surface area contributed by atoms with E-state index in [0.717, 1.165) is 37.9 Å². The van der Waals surface area contributed by atoms with Crippen molar-refractivity contribution in [2.45, 2.75) is 248 Å². The number of carbonyl (C=O) groups is 12. The number of ether oxygens (including phenoxy) is 4. The number of fused-ring (bicyclic) bond motifs is 10. The van der Waals surface area contributed by atoms with Gasteiger partial charge >= 0.3 is 11.9 Å². The zero-order chi connectivity index (χ0) is 89.2. The highest BCUT2D eigenvalue weighted by Crippen LogP contribution is 2.43. The number of halogens is 2. The number of benzene rings is 2. The molecule has 6 N–H and O–H groups in total. The first kappa shape index (κ1) is 92.8. The maximum Gasteiger partial charge on any atom is 0.343 e. The highest BCUT2D eigenvalue weighted by Gasteiger charge is 2.48. The maximum absolute atomic E-state index is 15.3. The fraction of sp³-hybridized carbons (Fsp3) is 0.538. The number of esters is 2. The van der Waals surface area contributed by atoms with Gasteiger partial charge in [0, 0.05) is 133 Å². The third-order valence-corrected chi connectivity index (χ3v) is 24.4.